The van der Waals surface area contributed by atoms with Crippen LogP contribution in [0.2, 0.25) is 0 Å². The number of nitrogens with one attached hydrogen (secondary N) is 2. The third kappa shape index (κ3) is 6.06. The zero-order valence-electron chi connectivity index (χ0n) is 14.5. The molecule has 0 spiro atoms. The van der Waals surface area contributed by atoms with Gasteiger partial charge in [-0.25, -0.2) is 9.59 Å². The highest BCUT2D eigenvalue weighted by Crippen LogP contribution is 2.17. The second-order valence-electron chi connectivity index (χ2n) is 6.09. The molecule has 1 saturated carbocycles. The van der Waals surface area contributed by atoms with Crippen molar-refractivity contribution >= 4 is 24.0 Å². The maximum absolute atomic E-state index is 11.9. The number of nitrogens with zero attached hydrogens (tertiary/aromatic N) is 1. The fraction of sp³-hybridized carbons (Fsp3) is 0.368. The van der Waals surface area contributed by atoms with E-state index < -0.39 is 24.0 Å². The van der Waals surface area contributed by atoms with E-state index in [1.165, 1.54) is 19.1 Å². The largest absolute Gasteiger partial charge is 0.449 e. The number of esters is 1. The standard InChI is InChI=1S/C19H21N3O4/c1-13(18(24)22-19(25)21-16-4-2-3-5-16)26-17(23)11-10-14-6-8-15(12-20)9-7-14/h6-11,13,16H,2-5H2,1H3,(H2,21,22,24,25)/b11-10+/t13-/m1/s1. The molecule has 3 amide bonds. The first kappa shape index (κ1) is 19.2. The molecule has 1 aromatic carbocycles. The molecule has 7 nitrogen and oxygen atoms in total. The van der Waals surface area contributed by atoms with Crippen LogP contribution in [-0.4, -0.2) is 30.1 Å². The molecule has 1 fully saturated rings. The van der Waals surface area contributed by atoms with Gasteiger partial charge in [0.2, 0.25) is 0 Å². The molecule has 0 heterocycles. The van der Waals surface area contributed by atoms with Gasteiger partial charge in [-0.15, -0.1) is 0 Å². The van der Waals surface area contributed by atoms with Crippen LogP contribution in [0.15, 0.2) is 30.3 Å². The minimum Gasteiger partial charge on any atom is -0.449 e. The fourth-order valence-electron chi connectivity index (χ4n) is 2.61. The van der Waals surface area contributed by atoms with Crippen molar-refractivity contribution in [3.63, 3.8) is 0 Å². The average Bonchev–Trinajstić information content (AvgIpc) is 3.13. The molecule has 0 saturated heterocycles. The van der Waals surface area contributed by atoms with Crippen molar-refractivity contribution < 1.29 is 19.1 Å². The summed E-state index contributed by atoms with van der Waals surface area (Å²) in [5, 5.41) is 13.6. The van der Waals surface area contributed by atoms with Gasteiger partial charge >= 0.3 is 12.0 Å². The number of carbonyl (C=O) groups is 3. The second-order valence-corrected chi connectivity index (χ2v) is 6.09. The van der Waals surface area contributed by atoms with Crippen LogP contribution in [0.25, 0.3) is 6.08 Å². The lowest BCUT2D eigenvalue weighted by molar-refractivity contribution is -0.149. The van der Waals surface area contributed by atoms with Crippen LogP contribution in [0.1, 0.15) is 43.7 Å². The van der Waals surface area contributed by atoms with E-state index in [0.717, 1.165) is 25.7 Å². The summed E-state index contributed by atoms with van der Waals surface area (Å²) in [6.07, 6.45) is 5.56. The highest BCUT2D eigenvalue weighted by atomic mass is 16.5. The Labute approximate surface area is 152 Å². The van der Waals surface area contributed by atoms with E-state index in [1.807, 2.05) is 6.07 Å². The predicted octanol–water partition coefficient (Wildman–Crippen LogP) is 2.27. The zero-order valence-corrected chi connectivity index (χ0v) is 14.5. The van der Waals surface area contributed by atoms with Crippen molar-refractivity contribution in [1.82, 2.24) is 10.6 Å². The summed E-state index contributed by atoms with van der Waals surface area (Å²) >= 11 is 0. The molecule has 1 atom stereocenters. The summed E-state index contributed by atoms with van der Waals surface area (Å²) in [5.74, 6) is -1.38. The number of hydrogen-bond acceptors (Lipinski definition) is 5. The highest BCUT2D eigenvalue weighted by Gasteiger charge is 2.22. The van der Waals surface area contributed by atoms with Gasteiger partial charge in [-0.2, -0.15) is 5.26 Å². The van der Waals surface area contributed by atoms with Crippen molar-refractivity contribution in [2.45, 2.75) is 44.8 Å². The molecular formula is C19H21N3O4. The minimum absolute atomic E-state index is 0.0935. The SMILES string of the molecule is C[C@@H](OC(=O)/C=C/c1ccc(C#N)cc1)C(=O)NC(=O)NC1CCCC1. The maximum atomic E-state index is 11.9. The number of amides is 3. The van der Waals surface area contributed by atoms with Gasteiger partial charge < -0.3 is 10.1 Å². The Bertz CT molecular complexity index is 728. The summed E-state index contributed by atoms with van der Waals surface area (Å²) < 4.78 is 4.98. The molecule has 136 valence electrons. The first-order valence-electron chi connectivity index (χ1n) is 8.48. The number of carbonyl (C=O) groups excluding carboxylic acids is 3. The topological polar surface area (TPSA) is 108 Å². The van der Waals surface area contributed by atoms with Gasteiger partial charge in [0.05, 0.1) is 11.6 Å². The molecule has 0 aliphatic heterocycles. The Morgan fingerprint density at radius 3 is 2.50 bits per heavy atom. The Balaban J connectivity index is 1.77. The van der Waals surface area contributed by atoms with Crippen LogP contribution in [0.5, 0.6) is 0 Å². The number of urea groups is 1. The van der Waals surface area contributed by atoms with E-state index in [1.54, 1.807) is 24.3 Å². The molecule has 0 radical (unpaired) electrons. The summed E-state index contributed by atoms with van der Waals surface area (Å²) in [6.45, 7) is 1.39. The minimum atomic E-state index is -1.09. The van der Waals surface area contributed by atoms with E-state index in [9.17, 15) is 14.4 Å². The summed E-state index contributed by atoms with van der Waals surface area (Å²) in [6, 6.07) is 8.16. The van der Waals surface area contributed by atoms with Gasteiger partial charge in [0.15, 0.2) is 6.10 Å². The Morgan fingerprint density at radius 1 is 1.23 bits per heavy atom. The van der Waals surface area contributed by atoms with Gasteiger partial charge in [-0.3, -0.25) is 10.1 Å². The number of benzene rings is 1. The van der Waals surface area contributed by atoms with Gasteiger partial charge in [0, 0.05) is 12.1 Å². The smallest absolute Gasteiger partial charge is 0.331 e. The quantitative estimate of drug-likeness (QED) is 0.622. The molecule has 1 aromatic rings. The molecule has 0 bridgehead atoms. The lowest BCUT2D eigenvalue weighted by atomic mass is 10.1. The molecule has 26 heavy (non-hydrogen) atoms. The molecule has 2 N–H and O–H groups in total. The number of nitriles is 1. The monoisotopic (exact) mass is 355 g/mol. The molecule has 1 aliphatic carbocycles. The first-order chi connectivity index (χ1) is 12.5. The van der Waals surface area contributed by atoms with E-state index in [2.05, 4.69) is 10.6 Å². The van der Waals surface area contributed by atoms with E-state index in [-0.39, 0.29) is 6.04 Å². The Kier molecular flexibility index (Phi) is 6.92. The predicted molar refractivity (Wildman–Crippen MR) is 94.7 cm³/mol. The maximum Gasteiger partial charge on any atom is 0.331 e. The molecule has 1 aliphatic rings. The van der Waals surface area contributed by atoms with Crippen LogP contribution in [0.4, 0.5) is 4.79 Å². The Morgan fingerprint density at radius 2 is 1.88 bits per heavy atom. The van der Waals surface area contributed by atoms with E-state index >= 15 is 0 Å². The van der Waals surface area contributed by atoms with Crippen molar-refractivity contribution in [3.8, 4) is 6.07 Å². The van der Waals surface area contributed by atoms with Crippen molar-refractivity contribution in [2.75, 3.05) is 0 Å². The molecule has 0 unspecified atom stereocenters. The normalized spacial score (nSPS) is 15.2. The van der Waals surface area contributed by atoms with Gasteiger partial charge in [0.1, 0.15) is 0 Å². The molecular weight excluding hydrogens is 334 g/mol. The Hall–Kier alpha value is -3.14. The highest BCUT2D eigenvalue weighted by molar-refractivity contribution is 5.98. The molecule has 2 rings (SSSR count). The van der Waals surface area contributed by atoms with Gasteiger partial charge in [0.25, 0.3) is 5.91 Å². The van der Waals surface area contributed by atoms with Gasteiger partial charge in [-0.1, -0.05) is 25.0 Å². The first-order valence-corrected chi connectivity index (χ1v) is 8.48. The third-order valence-corrected chi connectivity index (χ3v) is 4.04. The van der Waals surface area contributed by atoms with Crippen molar-refractivity contribution in [3.05, 3.63) is 41.5 Å². The summed E-state index contributed by atoms with van der Waals surface area (Å²) in [4.78, 5) is 35.4. The van der Waals surface area contributed by atoms with Crippen LogP contribution in [0, 0.1) is 11.3 Å². The van der Waals surface area contributed by atoms with Crippen LogP contribution in [0.3, 0.4) is 0 Å². The summed E-state index contributed by atoms with van der Waals surface area (Å²) in [7, 11) is 0. The van der Waals surface area contributed by atoms with Crippen molar-refractivity contribution in [1.29, 1.82) is 5.26 Å². The fourth-order valence-corrected chi connectivity index (χ4v) is 2.61. The van der Waals surface area contributed by atoms with Crippen LogP contribution >= 0.6 is 0 Å². The van der Waals surface area contributed by atoms with Gasteiger partial charge in [-0.05, 0) is 43.5 Å². The number of rotatable bonds is 5. The third-order valence-electron chi connectivity index (χ3n) is 4.04. The lowest BCUT2D eigenvalue weighted by Gasteiger charge is -2.15. The van der Waals surface area contributed by atoms with Crippen LogP contribution in [-0.2, 0) is 14.3 Å². The van der Waals surface area contributed by atoms with E-state index in [4.69, 9.17) is 10.00 Å². The summed E-state index contributed by atoms with van der Waals surface area (Å²) in [5.41, 5.74) is 1.24. The lowest BCUT2D eigenvalue weighted by Crippen LogP contribution is -2.47. The number of ether oxygens (including phenoxy) is 1. The van der Waals surface area contributed by atoms with E-state index in [0.29, 0.717) is 11.1 Å². The second kappa shape index (κ2) is 9.37. The van der Waals surface area contributed by atoms with Crippen molar-refractivity contribution in [2.24, 2.45) is 0 Å². The number of hydrogen-bond donors (Lipinski definition) is 2. The molecule has 0 aromatic heterocycles. The number of imide groups is 1. The van der Waals surface area contributed by atoms with Crippen LogP contribution < -0.4 is 10.6 Å². The zero-order chi connectivity index (χ0) is 18.9. The average molecular weight is 355 g/mol. The molecule has 7 heteroatoms.